The van der Waals surface area contributed by atoms with Gasteiger partial charge in [-0.1, -0.05) is 13.0 Å². The largest absolute Gasteiger partial charge is 0.363 e. The lowest BCUT2D eigenvalue weighted by atomic mass is 10.1. The Morgan fingerprint density at radius 1 is 1.20 bits per heavy atom. The average molecular weight is 336 g/mol. The minimum Gasteiger partial charge on any atom is -0.363 e. The standard InChI is InChI=1S/C14H18BrN5/c1-3-10-6-5-7-17-12(10)9-18-13-11(15)8-19-14(20-13)16-4-2/h5-8H,3-4,9H2,1-2H3,(H2,16,18,19,20). The molecule has 106 valence electrons. The summed E-state index contributed by atoms with van der Waals surface area (Å²) in [5.74, 6) is 1.39. The molecule has 0 atom stereocenters. The SMILES string of the molecule is CCNc1ncc(Br)c(NCc2ncccc2CC)n1. The van der Waals surface area contributed by atoms with Crippen LogP contribution in [0.25, 0.3) is 0 Å². The highest BCUT2D eigenvalue weighted by molar-refractivity contribution is 9.10. The van der Waals surface area contributed by atoms with E-state index in [-0.39, 0.29) is 0 Å². The fraction of sp³-hybridized carbons (Fsp3) is 0.357. The number of anilines is 2. The topological polar surface area (TPSA) is 62.7 Å². The quantitative estimate of drug-likeness (QED) is 0.848. The van der Waals surface area contributed by atoms with Gasteiger partial charge in [-0.15, -0.1) is 0 Å². The summed E-state index contributed by atoms with van der Waals surface area (Å²) in [6, 6.07) is 4.06. The fourth-order valence-corrected chi connectivity index (χ4v) is 2.19. The van der Waals surface area contributed by atoms with Gasteiger partial charge in [-0.05, 0) is 40.9 Å². The molecule has 20 heavy (non-hydrogen) atoms. The van der Waals surface area contributed by atoms with Crippen LogP contribution in [0, 0.1) is 0 Å². The van der Waals surface area contributed by atoms with Crippen LogP contribution in [0.4, 0.5) is 11.8 Å². The van der Waals surface area contributed by atoms with E-state index < -0.39 is 0 Å². The lowest BCUT2D eigenvalue weighted by Gasteiger charge is -2.11. The lowest BCUT2D eigenvalue weighted by molar-refractivity contribution is 0.958. The van der Waals surface area contributed by atoms with Gasteiger partial charge >= 0.3 is 0 Å². The molecule has 0 bridgehead atoms. The molecule has 2 aromatic rings. The molecule has 0 aliphatic carbocycles. The number of halogens is 1. The summed E-state index contributed by atoms with van der Waals surface area (Å²) in [6.45, 7) is 5.58. The molecule has 0 amide bonds. The van der Waals surface area contributed by atoms with Crippen LogP contribution in [0.5, 0.6) is 0 Å². The van der Waals surface area contributed by atoms with Gasteiger partial charge < -0.3 is 10.6 Å². The zero-order valence-corrected chi connectivity index (χ0v) is 13.2. The summed E-state index contributed by atoms with van der Waals surface area (Å²) in [7, 11) is 0. The predicted molar refractivity (Wildman–Crippen MR) is 84.8 cm³/mol. The second-order valence-corrected chi connectivity index (χ2v) is 5.09. The highest BCUT2D eigenvalue weighted by Gasteiger charge is 2.06. The molecular formula is C14H18BrN5. The van der Waals surface area contributed by atoms with Gasteiger partial charge in [-0.2, -0.15) is 4.98 Å². The van der Waals surface area contributed by atoms with E-state index in [1.165, 1.54) is 5.56 Å². The van der Waals surface area contributed by atoms with Crippen molar-refractivity contribution in [1.29, 1.82) is 0 Å². The molecular weight excluding hydrogens is 318 g/mol. The molecule has 0 radical (unpaired) electrons. The zero-order valence-electron chi connectivity index (χ0n) is 11.7. The number of hydrogen-bond acceptors (Lipinski definition) is 5. The van der Waals surface area contributed by atoms with Crippen LogP contribution < -0.4 is 10.6 Å². The van der Waals surface area contributed by atoms with Crippen molar-refractivity contribution in [2.45, 2.75) is 26.8 Å². The zero-order chi connectivity index (χ0) is 14.4. The number of rotatable bonds is 6. The number of pyridine rings is 1. The van der Waals surface area contributed by atoms with E-state index in [0.717, 1.165) is 29.0 Å². The molecule has 0 fully saturated rings. The van der Waals surface area contributed by atoms with Crippen LogP contribution in [-0.4, -0.2) is 21.5 Å². The van der Waals surface area contributed by atoms with E-state index in [1.807, 2.05) is 19.2 Å². The second kappa shape index (κ2) is 7.19. The van der Waals surface area contributed by atoms with Gasteiger partial charge in [0, 0.05) is 18.9 Å². The van der Waals surface area contributed by atoms with Crippen LogP contribution in [0.15, 0.2) is 29.0 Å². The van der Waals surface area contributed by atoms with Crippen molar-refractivity contribution >= 4 is 27.7 Å². The Kier molecular flexibility index (Phi) is 5.29. The first-order chi connectivity index (χ1) is 9.74. The third kappa shape index (κ3) is 3.66. The van der Waals surface area contributed by atoms with Crippen LogP contribution in [0.3, 0.4) is 0 Å². The molecule has 6 heteroatoms. The Morgan fingerprint density at radius 2 is 2.05 bits per heavy atom. The Hall–Kier alpha value is -1.69. The van der Waals surface area contributed by atoms with Gasteiger partial charge in [0.05, 0.1) is 16.7 Å². The molecule has 0 unspecified atom stereocenters. The first kappa shape index (κ1) is 14.7. The minimum atomic E-state index is 0.620. The van der Waals surface area contributed by atoms with Crippen LogP contribution in [0.1, 0.15) is 25.1 Å². The Bertz CT molecular complexity index is 573. The van der Waals surface area contributed by atoms with E-state index in [1.54, 1.807) is 6.20 Å². The maximum Gasteiger partial charge on any atom is 0.224 e. The molecule has 0 saturated heterocycles. The molecule has 2 N–H and O–H groups in total. The van der Waals surface area contributed by atoms with Crippen molar-refractivity contribution in [1.82, 2.24) is 15.0 Å². The first-order valence-corrected chi connectivity index (χ1v) is 7.47. The van der Waals surface area contributed by atoms with Gasteiger partial charge in [0.25, 0.3) is 0 Å². The van der Waals surface area contributed by atoms with Crippen molar-refractivity contribution in [2.24, 2.45) is 0 Å². The first-order valence-electron chi connectivity index (χ1n) is 6.67. The van der Waals surface area contributed by atoms with Gasteiger partial charge in [-0.25, -0.2) is 4.98 Å². The third-order valence-corrected chi connectivity index (χ3v) is 3.45. The lowest BCUT2D eigenvalue weighted by Crippen LogP contribution is -2.09. The van der Waals surface area contributed by atoms with E-state index in [2.05, 4.69) is 54.5 Å². The summed E-state index contributed by atoms with van der Waals surface area (Å²) >= 11 is 3.46. The Labute approximate surface area is 127 Å². The van der Waals surface area contributed by atoms with Crippen molar-refractivity contribution in [2.75, 3.05) is 17.2 Å². The van der Waals surface area contributed by atoms with E-state index in [4.69, 9.17) is 0 Å². The summed E-state index contributed by atoms with van der Waals surface area (Å²) in [4.78, 5) is 13.0. The number of aryl methyl sites for hydroxylation is 1. The van der Waals surface area contributed by atoms with Crippen molar-refractivity contribution in [3.63, 3.8) is 0 Å². The third-order valence-electron chi connectivity index (χ3n) is 2.87. The average Bonchev–Trinajstić information content (AvgIpc) is 2.48. The second-order valence-electron chi connectivity index (χ2n) is 4.24. The molecule has 5 nitrogen and oxygen atoms in total. The van der Waals surface area contributed by atoms with Gasteiger partial charge in [0.2, 0.25) is 5.95 Å². The number of nitrogens with zero attached hydrogens (tertiary/aromatic N) is 3. The smallest absolute Gasteiger partial charge is 0.224 e. The van der Waals surface area contributed by atoms with E-state index in [0.29, 0.717) is 12.5 Å². The van der Waals surface area contributed by atoms with Gasteiger partial charge in [-0.3, -0.25) is 4.98 Å². The summed E-state index contributed by atoms with van der Waals surface area (Å²) in [5, 5.41) is 6.40. The van der Waals surface area contributed by atoms with Crippen molar-refractivity contribution in [3.05, 3.63) is 40.3 Å². The molecule has 0 aliphatic heterocycles. The van der Waals surface area contributed by atoms with Crippen LogP contribution in [-0.2, 0) is 13.0 Å². The number of hydrogen-bond donors (Lipinski definition) is 2. The molecule has 0 spiro atoms. The van der Waals surface area contributed by atoms with Gasteiger partial charge in [0.1, 0.15) is 5.82 Å². The molecule has 2 rings (SSSR count). The summed E-state index contributed by atoms with van der Waals surface area (Å²) in [6.07, 6.45) is 4.53. The van der Waals surface area contributed by atoms with E-state index >= 15 is 0 Å². The normalized spacial score (nSPS) is 10.3. The van der Waals surface area contributed by atoms with Crippen molar-refractivity contribution in [3.8, 4) is 0 Å². The highest BCUT2D eigenvalue weighted by atomic mass is 79.9. The monoisotopic (exact) mass is 335 g/mol. The molecule has 2 heterocycles. The highest BCUT2D eigenvalue weighted by Crippen LogP contribution is 2.21. The van der Waals surface area contributed by atoms with Gasteiger partial charge in [0.15, 0.2) is 0 Å². The maximum absolute atomic E-state index is 4.42. The number of nitrogens with one attached hydrogen (secondary N) is 2. The van der Waals surface area contributed by atoms with Crippen LogP contribution in [0.2, 0.25) is 0 Å². The minimum absolute atomic E-state index is 0.620. The summed E-state index contributed by atoms with van der Waals surface area (Å²) in [5.41, 5.74) is 2.29. The van der Waals surface area contributed by atoms with E-state index in [9.17, 15) is 0 Å². The molecule has 2 aromatic heterocycles. The molecule has 0 aliphatic rings. The number of aromatic nitrogens is 3. The Balaban J connectivity index is 2.12. The van der Waals surface area contributed by atoms with Crippen molar-refractivity contribution < 1.29 is 0 Å². The molecule has 0 aromatic carbocycles. The Morgan fingerprint density at radius 3 is 2.80 bits per heavy atom. The fourth-order valence-electron chi connectivity index (χ4n) is 1.85. The van der Waals surface area contributed by atoms with Crippen LogP contribution >= 0.6 is 15.9 Å². The maximum atomic E-state index is 4.42. The molecule has 0 saturated carbocycles. The predicted octanol–water partition coefficient (Wildman–Crippen LogP) is 3.24. The summed E-state index contributed by atoms with van der Waals surface area (Å²) < 4.78 is 0.841.